The zero-order chi connectivity index (χ0) is 16.3. The molecule has 2 rings (SSSR count). The Bertz CT molecular complexity index is 593. The molecule has 1 saturated heterocycles. The van der Waals surface area contributed by atoms with Gasteiger partial charge in [0.2, 0.25) is 0 Å². The van der Waals surface area contributed by atoms with Gasteiger partial charge in [-0.25, -0.2) is 0 Å². The van der Waals surface area contributed by atoms with Crippen LogP contribution in [-0.2, 0) is 12.0 Å². The van der Waals surface area contributed by atoms with E-state index in [1.807, 2.05) is 13.0 Å². The van der Waals surface area contributed by atoms with Gasteiger partial charge >= 0.3 is 0 Å². The van der Waals surface area contributed by atoms with Crippen molar-refractivity contribution in [3.63, 3.8) is 0 Å². The van der Waals surface area contributed by atoms with Crippen molar-refractivity contribution in [1.29, 1.82) is 0 Å². The molecule has 5 heteroatoms. The maximum absolute atomic E-state index is 12.8. The number of carbonyl (C=O) groups is 1. The van der Waals surface area contributed by atoms with E-state index in [4.69, 9.17) is 0 Å². The van der Waals surface area contributed by atoms with Crippen molar-refractivity contribution in [3.05, 3.63) is 33.7 Å². The zero-order valence-electron chi connectivity index (χ0n) is 14.1. The molecular weight excluding hydrogens is 278 g/mol. The van der Waals surface area contributed by atoms with Crippen molar-refractivity contribution < 1.29 is 4.79 Å². The van der Waals surface area contributed by atoms with E-state index >= 15 is 0 Å². The van der Waals surface area contributed by atoms with Crippen molar-refractivity contribution >= 4 is 5.91 Å². The van der Waals surface area contributed by atoms with Gasteiger partial charge in [0.1, 0.15) is 5.56 Å². The Labute approximate surface area is 132 Å². The first kappa shape index (κ1) is 16.7. The Morgan fingerprint density at radius 3 is 2.41 bits per heavy atom. The van der Waals surface area contributed by atoms with Crippen LogP contribution >= 0.6 is 0 Å². The average Bonchev–Trinajstić information content (AvgIpc) is 2.48. The van der Waals surface area contributed by atoms with Crippen LogP contribution < -0.4 is 10.9 Å². The van der Waals surface area contributed by atoms with Crippen molar-refractivity contribution in [2.45, 2.75) is 46.1 Å². The number of hydrogen-bond donors (Lipinski definition) is 1. The van der Waals surface area contributed by atoms with E-state index in [-0.39, 0.29) is 16.9 Å². The fourth-order valence-electron chi connectivity index (χ4n) is 2.88. The summed E-state index contributed by atoms with van der Waals surface area (Å²) in [4.78, 5) is 27.2. The first-order valence-corrected chi connectivity index (χ1v) is 8.10. The maximum atomic E-state index is 12.8. The Balaban J connectivity index is 2.43. The molecule has 0 aromatic carbocycles. The molecule has 2 heterocycles. The summed E-state index contributed by atoms with van der Waals surface area (Å²) in [7, 11) is 0. The van der Waals surface area contributed by atoms with Crippen LogP contribution in [0.2, 0.25) is 0 Å². The highest BCUT2D eigenvalue weighted by Crippen LogP contribution is 2.21. The summed E-state index contributed by atoms with van der Waals surface area (Å²) < 4.78 is 1.77. The van der Waals surface area contributed by atoms with E-state index in [2.05, 4.69) is 26.1 Å². The highest BCUT2D eigenvalue weighted by Gasteiger charge is 2.25. The number of hydrogen-bond acceptors (Lipinski definition) is 3. The van der Waals surface area contributed by atoms with Crippen LogP contribution in [0.1, 0.15) is 50.2 Å². The number of pyridine rings is 1. The lowest BCUT2D eigenvalue weighted by Crippen LogP contribution is -2.48. The minimum absolute atomic E-state index is 0.120. The van der Waals surface area contributed by atoms with Crippen LogP contribution in [0.25, 0.3) is 0 Å². The van der Waals surface area contributed by atoms with Crippen molar-refractivity contribution in [2.75, 3.05) is 26.2 Å². The van der Waals surface area contributed by atoms with E-state index < -0.39 is 0 Å². The van der Waals surface area contributed by atoms with Gasteiger partial charge in [0.15, 0.2) is 0 Å². The Hall–Kier alpha value is -1.62. The monoisotopic (exact) mass is 305 g/mol. The summed E-state index contributed by atoms with van der Waals surface area (Å²) in [5, 5.41) is 3.22. The largest absolute Gasteiger partial charge is 0.336 e. The molecule has 1 aromatic heterocycles. The van der Waals surface area contributed by atoms with Crippen molar-refractivity contribution in [1.82, 2.24) is 14.8 Å². The third-order valence-electron chi connectivity index (χ3n) is 4.02. The second kappa shape index (κ2) is 6.65. The zero-order valence-corrected chi connectivity index (χ0v) is 14.1. The highest BCUT2D eigenvalue weighted by molar-refractivity contribution is 5.94. The third-order valence-corrected chi connectivity index (χ3v) is 4.02. The molecule has 0 spiro atoms. The lowest BCUT2D eigenvalue weighted by molar-refractivity contribution is 0.0733. The third kappa shape index (κ3) is 3.40. The Morgan fingerprint density at radius 1 is 1.23 bits per heavy atom. The van der Waals surface area contributed by atoms with E-state index in [9.17, 15) is 9.59 Å². The van der Waals surface area contributed by atoms with Gasteiger partial charge in [-0.2, -0.15) is 0 Å². The summed E-state index contributed by atoms with van der Waals surface area (Å²) in [5.74, 6) is -0.142. The molecular formula is C17H27N3O2. The number of nitrogens with zero attached hydrogens (tertiary/aromatic N) is 2. The number of piperazine rings is 1. The molecule has 1 aliphatic heterocycles. The second-order valence-electron chi connectivity index (χ2n) is 6.88. The predicted octanol–water partition coefficient (Wildman–Crippen LogP) is 1.60. The summed E-state index contributed by atoms with van der Waals surface area (Å²) >= 11 is 0. The van der Waals surface area contributed by atoms with Gasteiger partial charge in [-0.3, -0.25) is 9.59 Å². The summed E-state index contributed by atoms with van der Waals surface area (Å²) in [6.07, 6.45) is 0.869. The van der Waals surface area contributed by atoms with Crippen LogP contribution in [0.3, 0.4) is 0 Å². The second-order valence-corrected chi connectivity index (χ2v) is 6.88. The molecule has 1 aromatic rings. The Morgan fingerprint density at radius 2 is 1.86 bits per heavy atom. The van der Waals surface area contributed by atoms with Crippen LogP contribution in [0.15, 0.2) is 16.9 Å². The molecule has 122 valence electrons. The molecule has 0 radical (unpaired) electrons. The van der Waals surface area contributed by atoms with Crippen LogP contribution in [-0.4, -0.2) is 41.6 Å². The van der Waals surface area contributed by atoms with Crippen LogP contribution in [0, 0.1) is 0 Å². The summed E-state index contributed by atoms with van der Waals surface area (Å²) in [6.45, 7) is 11.9. The van der Waals surface area contributed by atoms with E-state index in [0.29, 0.717) is 25.2 Å². The molecule has 1 aliphatic rings. The lowest BCUT2D eigenvalue weighted by Gasteiger charge is -2.28. The summed E-state index contributed by atoms with van der Waals surface area (Å²) in [6, 6.07) is 3.64. The molecule has 1 N–H and O–H groups in total. The number of amides is 1. The van der Waals surface area contributed by atoms with Crippen LogP contribution in [0.4, 0.5) is 0 Å². The van der Waals surface area contributed by atoms with E-state index in [1.54, 1.807) is 15.5 Å². The quantitative estimate of drug-likeness (QED) is 0.923. The van der Waals surface area contributed by atoms with Gasteiger partial charge in [-0.1, -0.05) is 27.7 Å². The van der Waals surface area contributed by atoms with Gasteiger partial charge < -0.3 is 14.8 Å². The fourth-order valence-corrected chi connectivity index (χ4v) is 2.88. The van der Waals surface area contributed by atoms with Gasteiger partial charge in [0.05, 0.1) is 0 Å². The first-order chi connectivity index (χ1) is 10.4. The van der Waals surface area contributed by atoms with Gasteiger partial charge in [0.25, 0.3) is 11.5 Å². The first-order valence-electron chi connectivity index (χ1n) is 8.10. The number of rotatable bonds is 3. The topological polar surface area (TPSA) is 54.3 Å². The van der Waals surface area contributed by atoms with Gasteiger partial charge in [0, 0.05) is 43.8 Å². The number of carbonyl (C=O) groups excluding carboxylic acids is 1. The van der Waals surface area contributed by atoms with Gasteiger partial charge in [-0.05, 0) is 18.6 Å². The Kier molecular flexibility index (Phi) is 5.06. The smallest absolute Gasteiger partial charge is 0.263 e. The lowest BCUT2D eigenvalue weighted by atomic mass is 9.90. The molecule has 0 saturated carbocycles. The van der Waals surface area contributed by atoms with Gasteiger partial charge in [-0.15, -0.1) is 0 Å². The summed E-state index contributed by atoms with van der Waals surface area (Å²) in [5.41, 5.74) is 1.00. The van der Waals surface area contributed by atoms with E-state index in [1.165, 1.54) is 0 Å². The molecule has 1 fully saturated rings. The predicted molar refractivity (Wildman–Crippen MR) is 88.5 cm³/mol. The fraction of sp³-hybridized carbons (Fsp3) is 0.647. The van der Waals surface area contributed by atoms with E-state index in [0.717, 1.165) is 25.2 Å². The normalized spacial score (nSPS) is 15.9. The molecule has 22 heavy (non-hydrogen) atoms. The molecule has 0 unspecified atom stereocenters. The molecule has 1 amide bonds. The standard InChI is InChI=1S/C17H27N3O2/c1-5-10-20-14(17(2,3)4)7-6-13(16(20)22)15(21)19-11-8-18-9-12-19/h6-7,18H,5,8-12H2,1-4H3. The number of aromatic nitrogens is 1. The minimum atomic E-state index is -0.155. The SMILES string of the molecule is CCCn1c(C(C)(C)C)ccc(C(=O)N2CCNCC2)c1=O. The average molecular weight is 305 g/mol. The maximum Gasteiger partial charge on any atom is 0.263 e. The number of nitrogens with one attached hydrogen (secondary N) is 1. The minimum Gasteiger partial charge on any atom is -0.336 e. The highest BCUT2D eigenvalue weighted by atomic mass is 16.2. The molecule has 0 bridgehead atoms. The molecule has 0 atom stereocenters. The molecule has 5 nitrogen and oxygen atoms in total. The van der Waals surface area contributed by atoms with Crippen LogP contribution in [0.5, 0.6) is 0 Å². The van der Waals surface area contributed by atoms with Crippen molar-refractivity contribution in [3.8, 4) is 0 Å². The molecule has 0 aliphatic carbocycles. The van der Waals surface area contributed by atoms with Crippen molar-refractivity contribution in [2.24, 2.45) is 0 Å².